The normalized spacial score (nSPS) is 13.9. The van der Waals surface area contributed by atoms with Gasteiger partial charge < -0.3 is 15.2 Å². The summed E-state index contributed by atoms with van der Waals surface area (Å²) in [6, 6.07) is 13.6. The number of fused-ring (bicyclic) bond motifs is 1. The van der Waals surface area contributed by atoms with Gasteiger partial charge in [0, 0.05) is 23.9 Å². The molecule has 5 heteroatoms. The predicted octanol–water partition coefficient (Wildman–Crippen LogP) is 3.17. The Hall–Kier alpha value is -1.85. The zero-order valence-electron chi connectivity index (χ0n) is 13.3. The van der Waals surface area contributed by atoms with Gasteiger partial charge in [-0.25, -0.2) is 0 Å². The fraction of sp³-hybridized carbons (Fsp3) is 0.316. The van der Waals surface area contributed by atoms with Crippen LogP contribution in [0.15, 0.2) is 46.9 Å². The molecule has 1 aliphatic heterocycles. The van der Waals surface area contributed by atoms with Gasteiger partial charge in [-0.15, -0.1) is 0 Å². The van der Waals surface area contributed by atoms with Gasteiger partial charge in [0.1, 0.15) is 5.75 Å². The lowest BCUT2D eigenvalue weighted by Crippen LogP contribution is -2.28. The summed E-state index contributed by atoms with van der Waals surface area (Å²) >= 11 is 3.48. The number of aliphatic hydroxyl groups is 1. The first-order valence-electron chi connectivity index (χ1n) is 8.07. The van der Waals surface area contributed by atoms with Crippen molar-refractivity contribution in [3.63, 3.8) is 0 Å². The highest BCUT2D eigenvalue weighted by atomic mass is 79.9. The summed E-state index contributed by atoms with van der Waals surface area (Å²) in [6.45, 7) is 0.912. The molecule has 1 amide bonds. The molecule has 126 valence electrons. The molecule has 1 unspecified atom stereocenters. The molecule has 1 aliphatic rings. The number of benzene rings is 2. The summed E-state index contributed by atoms with van der Waals surface area (Å²) in [6.07, 6.45) is 1.23. The second-order valence-electron chi connectivity index (χ2n) is 5.88. The lowest BCUT2D eigenvalue weighted by Gasteiger charge is -2.13. The molecule has 0 saturated heterocycles. The lowest BCUT2D eigenvalue weighted by atomic mass is 10.0. The topological polar surface area (TPSA) is 58.6 Å². The van der Waals surface area contributed by atoms with Crippen LogP contribution in [0.2, 0.25) is 0 Å². The van der Waals surface area contributed by atoms with Crippen LogP contribution in [0, 0.1) is 0 Å². The second-order valence-corrected chi connectivity index (χ2v) is 6.73. The van der Waals surface area contributed by atoms with Crippen molar-refractivity contribution in [3.8, 4) is 5.75 Å². The summed E-state index contributed by atoms with van der Waals surface area (Å²) in [5.41, 5.74) is 3.03. The van der Waals surface area contributed by atoms with E-state index in [1.54, 1.807) is 0 Å². The van der Waals surface area contributed by atoms with E-state index in [9.17, 15) is 9.90 Å². The smallest absolute Gasteiger partial charge is 0.220 e. The monoisotopic (exact) mass is 389 g/mol. The Morgan fingerprint density at radius 3 is 2.96 bits per heavy atom. The van der Waals surface area contributed by atoms with Crippen LogP contribution in [-0.4, -0.2) is 24.2 Å². The first-order valence-corrected chi connectivity index (χ1v) is 8.86. The molecule has 2 N–H and O–H groups in total. The number of ether oxygens (including phenoxy) is 1. The number of hydrogen-bond acceptors (Lipinski definition) is 3. The first kappa shape index (κ1) is 17.0. The van der Waals surface area contributed by atoms with Crippen LogP contribution in [0.5, 0.6) is 5.75 Å². The predicted molar refractivity (Wildman–Crippen MR) is 96.1 cm³/mol. The van der Waals surface area contributed by atoms with Gasteiger partial charge >= 0.3 is 0 Å². The SMILES string of the molecule is O=C(CCc1ccccc1Br)NCC(O)c1ccc2c(c1)CCO2. The van der Waals surface area contributed by atoms with E-state index >= 15 is 0 Å². The lowest BCUT2D eigenvalue weighted by molar-refractivity contribution is -0.121. The van der Waals surface area contributed by atoms with E-state index in [4.69, 9.17) is 4.74 Å². The molecule has 2 aromatic rings. The second kappa shape index (κ2) is 7.81. The minimum atomic E-state index is -0.705. The summed E-state index contributed by atoms with van der Waals surface area (Å²) in [7, 11) is 0. The molecule has 0 spiro atoms. The fourth-order valence-corrected chi connectivity index (χ4v) is 3.26. The highest BCUT2D eigenvalue weighted by Crippen LogP contribution is 2.28. The molecule has 1 heterocycles. The summed E-state index contributed by atoms with van der Waals surface area (Å²) in [5.74, 6) is 0.831. The van der Waals surface area contributed by atoms with Crippen molar-refractivity contribution in [3.05, 3.63) is 63.6 Å². The maximum Gasteiger partial charge on any atom is 0.220 e. The van der Waals surface area contributed by atoms with Gasteiger partial charge in [-0.2, -0.15) is 0 Å². The Bertz CT molecular complexity index is 732. The van der Waals surface area contributed by atoms with Crippen molar-refractivity contribution in [2.75, 3.05) is 13.2 Å². The van der Waals surface area contributed by atoms with E-state index in [2.05, 4.69) is 21.2 Å². The number of carbonyl (C=O) groups excluding carboxylic acids is 1. The highest BCUT2D eigenvalue weighted by molar-refractivity contribution is 9.10. The Kier molecular flexibility index (Phi) is 5.53. The highest BCUT2D eigenvalue weighted by Gasteiger charge is 2.16. The van der Waals surface area contributed by atoms with Crippen LogP contribution in [0.1, 0.15) is 29.2 Å². The molecule has 0 aromatic heterocycles. The average molecular weight is 390 g/mol. The molecule has 0 radical (unpaired) electrons. The number of aryl methyl sites for hydroxylation is 1. The van der Waals surface area contributed by atoms with Crippen LogP contribution >= 0.6 is 15.9 Å². The third kappa shape index (κ3) is 4.16. The molecule has 0 fully saturated rings. The number of aliphatic hydroxyl groups excluding tert-OH is 1. The molecule has 4 nitrogen and oxygen atoms in total. The van der Waals surface area contributed by atoms with Gasteiger partial charge in [0.05, 0.1) is 12.7 Å². The van der Waals surface area contributed by atoms with E-state index in [1.807, 2.05) is 42.5 Å². The zero-order chi connectivity index (χ0) is 16.9. The van der Waals surface area contributed by atoms with Crippen LogP contribution in [0.25, 0.3) is 0 Å². The Morgan fingerprint density at radius 1 is 1.29 bits per heavy atom. The number of nitrogens with one attached hydrogen (secondary N) is 1. The summed E-state index contributed by atoms with van der Waals surface area (Å²) < 4.78 is 6.47. The summed E-state index contributed by atoms with van der Waals surface area (Å²) in [5, 5.41) is 13.1. The maximum absolute atomic E-state index is 12.0. The molecule has 3 rings (SSSR count). The largest absolute Gasteiger partial charge is 0.493 e. The van der Waals surface area contributed by atoms with Gasteiger partial charge in [0.15, 0.2) is 0 Å². The fourth-order valence-electron chi connectivity index (χ4n) is 2.78. The van der Waals surface area contributed by atoms with Gasteiger partial charge in [-0.3, -0.25) is 4.79 Å². The van der Waals surface area contributed by atoms with E-state index in [1.165, 1.54) is 0 Å². The van der Waals surface area contributed by atoms with Crippen molar-refractivity contribution < 1.29 is 14.6 Å². The van der Waals surface area contributed by atoms with Gasteiger partial charge in [0.2, 0.25) is 5.91 Å². The van der Waals surface area contributed by atoms with Crippen molar-refractivity contribution in [2.24, 2.45) is 0 Å². The van der Waals surface area contributed by atoms with Gasteiger partial charge in [-0.1, -0.05) is 40.2 Å². The molecular formula is C19H20BrNO3. The molecule has 1 atom stereocenters. The molecule has 0 bridgehead atoms. The molecular weight excluding hydrogens is 370 g/mol. The number of hydrogen-bond donors (Lipinski definition) is 2. The Morgan fingerprint density at radius 2 is 2.12 bits per heavy atom. The third-order valence-corrected chi connectivity index (χ3v) is 4.94. The quantitative estimate of drug-likeness (QED) is 0.797. The van der Waals surface area contributed by atoms with E-state index in [0.29, 0.717) is 19.4 Å². The molecule has 24 heavy (non-hydrogen) atoms. The average Bonchev–Trinajstić information content (AvgIpc) is 3.06. The Balaban J connectivity index is 1.48. The number of amides is 1. The Labute approximate surface area is 150 Å². The minimum absolute atomic E-state index is 0.0608. The standard InChI is InChI=1S/C19H20BrNO3/c20-16-4-2-1-3-13(16)6-8-19(23)21-12-17(22)14-5-7-18-15(11-14)9-10-24-18/h1-5,7,11,17,22H,6,8-10,12H2,(H,21,23). The zero-order valence-corrected chi connectivity index (χ0v) is 14.9. The van der Waals surface area contributed by atoms with E-state index in [-0.39, 0.29) is 12.5 Å². The first-order chi connectivity index (χ1) is 11.6. The van der Waals surface area contributed by atoms with Crippen molar-refractivity contribution in [1.82, 2.24) is 5.32 Å². The van der Waals surface area contributed by atoms with E-state index < -0.39 is 6.10 Å². The molecule has 0 saturated carbocycles. The number of halogens is 1. The van der Waals surface area contributed by atoms with Crippen LogP contribution < -0.4 is 10.1 Å². The van der Waals surface area contributed by atoms with Crippen molar-refractivity contribution in [1.29, 1.82) is 0 Å². The van der Waals surface area contributed by atoms with Crippen LogP contribution in [0.3, 0.4) is 0 Å². The van der Waals surface area contributed by atoms with Gasteiger partial charge in [-0.05, 0) is 41.3 Å². The van der Waals surface area contributed by atoms with Crippen molar-refractivity contribution in [2.45, 2.75) is 25.4 Å². The van der Waals surface area contributed by atoms with Gasteiger partial charge in [0.25, 0.3) is 0 Å². The maximum atomic E-state index is 12.0. The minimum Gasteiger partial charge on any atom is -0.493 e. The number of carbonyl (C=O) groups is 1. The third-order valence-electron chi connectivity index (χ3n) is 4.17. The van der Waals surface area contributed by atoms with Crippen LogP contribution in [-0.2, 0) is 17.6 Å². The van der Waals surface area contributed by atoms with Crippen molar-refractivity contribution >= 4 is 21.8 Å². The van der Waals surface area contributed by atoms with E-state index in [0.717, 1.165) is 33.3 Å². The summed E-state index contributed by atoms with van der Waals surface area (Å²) in [4.78, 5) is 12.0. The van der Waals surface area contributed by atoms with Crippen LogP contribution in [0.4, 0.5) is 0 Å². The number of rotatable bonds is 6. The molecule has 2 aromatic carbocycles. The molecule has 0 aliphatic carbocycles.